The van der Waals surface area contributed by atoms with Crippen LogP contribution in [0.25, 0.3) is 0 Å². The molecule has 0 aromatic heterocycles. The van der Waals surface area contributed by atoms with Gasteiger partial charge in [0.15, 0.2) is 0 Å². The maximum absolute atomic E-state index is 3.05. The Labute approximate surface area is 62.3 Å². The van der Waals surface area contributed by atoms with E-state index >= 15 is 0 Å². The maximum Gasteiger partial charge on any atom is -0.0160 e. The highest BCUT2D eigenvalue weighted by molar-refractivity contribution is 5.10. The predicted octanol–water partition coefficient (Wildman–Crippen LogP) is 2.81. The van der Waals surface area contributed by atoms with Crippen molar-refractivity contribution in [3.05, 3.63) is 48.6 Å². The Morgan fingerprint density at radius 1 is 0.900 bits per heavy atom. The van der Waals surface area contributed by atoms with E-state index in [0.29, 0.717) is 0 Å². The van der Waals surface area contributed by atoms with Gasteiger partial charge in [-0.3, -0.25) is 0 Å². The van der Waals surface area contributed by atoms with Crippen LogP contribution in [0.3, 0.4) is 0 Å². The Morgan fingerprint density at radius 2 is 1.80 bits per heavy atom. The van der Waals surface area contributed by atoms with Crippen molar-refractivity contribution in [2.24, 2.45) is 0 Å². The average molecular weight is 131 g/mol. The van der Waals surface area contributed by atoms with Gasteiger partial charge in [0.2, 0.25) is 0 Å². The molecule has 0 fully saturated rings. The molecule has 0 amide bonds. The zero-order valence-electron chi connectivity index (χ0n) is 5.96. The van der Waals surface area contributed by atoms with Crippen LogP contribution in [-0.4, -0.2) is 0 Å². The molecule has 0 spiro atoms. The van der Waals surface area contributed by atoms with E-state index in [1.54, 1.807) is 0 Å². The zero-order chi connectivity index (χ0) is 7.07. The highest BCUT2D eigenvalue weighted by Gasteiger charge is 1.73. The Kier molecular flexibility index (Phi) is 3.40. The zero-order valence-corrected chi connectivity index (χ0v) is 5.96. The van der Waals surface area contributed by atoms with E-state index in [9.17, 15) is 0 Å². The molecule has 1 aliphatic carbocycles. The molecule has 1 rings (SSSR count). The van der Waals surface area contributed by atoms with Crippen LogP contribution in [0.2, 0.25) is 0 Å². The lowest BCUT2D eigenvalue weighted by atomic mass is 10.2. The molecule has 0 heterocycles. The average Bonchev–Trinajstić information content (AvgIpc) is 2.01. The minimum atomic E-state index is 0.998. The van der Waals surface area contributed by atoms with Gasteiger partial charge in [-0.1, -0.05) is 42.5 Å². The van der Waals surface area contributed by atoms with Crippen molar-refractivity contribution in [1.82, 2.24) is 0 Å². The first kappa shape index (κ1) is 7.07. The van der Waals surface area contributed by atoms with E-state index in [1.165, 1.54) is 0 Å². The molecular weight excluding hydrogens is 120 g/mol. The fraction of sp³-hybridized carbons (Fsp3) is 0.200. The maximum atomic E-state index is 3.05. The van der Waals surface area contributed by atoms with Gasteiger partial charge >= 0.3 is 0 Å². The van der Waals surface area contributed by atoms with Crippen molar-refractivity contribution in [2.45, 2.75) is 12.8 Å². The van der Waals surface area contributed by atoms with Gasteiger partial charge in [-0.25, -0.2) is 0 Å². The summed E-state index contributed by atoms with van der Waals surface area (Å²) < 4.78 is 0. The molecule has 10 heavy (non-hydrogen) atoms. The summed E-state index contributed by atoms with van der Waals surface area (Å²) in [6, 6.07) is 0. The Hall–Kier alpha value is -1.04. The molecule has 1 radical (unpaired) electrons. The molecule has 0 bridgehead atoms. The van der Waals surface area contributed by atoms with E-state index in [2.05, 4.69) is 24.3 Å². The summed E-state index contributed by atoms with van der Waals surface area (Å²) in [7, 11) is 0. The molecule has 0 heteroatoms. The van der Waals surface area contributed by atoms with Gasteiger partial charge in [-0.15, -0.1) is 0 Å². The first-order valence-corrected chi connectivity index (χ1v) is 3.54. The third kappa shape index (κ3) is 3.08. The first-order valence-electron chi connectivity index (χ1n) is 3.54. The fourth-order valence-electron chi connectivity index (χ4n) is 0.743. The van der Waals surface area contributed by atoms with Crippen molar-refractivity contribution < 1.29 is 0 Å². The lowest BCUT2D eigenvalue weighted by Gasteiger charge is -1.83. The van der Waals surface area contributed by atoms with Crippen LogP contribution in [0.4, 0.5) is 0 Å². The molecule has 1 aliphatic rings. The minimum absolute atomic E-state index is 0.998. The molecule has 0 aromatic carbocycles. The largest absolute Gasteiger partial charge is 0.0844 e. The van der Waals surface area contributed by atoms with Gasteiger partial charge in [0.25, 0.3) is 0 Å². The standard InChI is InChI=1S/C10H11/c1-2-4-6-8-10-9-7-5-3-1/h1-4,7-9H,5,10H2/b3-1-,4-2-,8-6?,9-7-. The smallest absolute Gasteiger partial charge is 0.0160 e. The Balaban J connectivity index is 2.51. The van der Waals surface area contributed by atoms with Crippen molar-refractivity contribution in [3.63, 3.8) is 0 Å². The molecule has 0 aliphatic heterocycles. The van der Waals surface area contributed by atoms with Crippen molar-refractivity contribution in [1.29, 1.82) is 0 Å². The number of hydrogen-bond donors (Lipinski definition) is 0. The quantitative estimate of drug-likeness (QED) is 0.443. The molecule has 0 N–H and O–H groups in total. The third-order valence-corrected chi connectivity index (χ3v) is 1.25. The molecule has 0 saturated carbocycles. The van der Waals surface area contributed by atoms with E-state index in [1.807, 2.05) is 24.3 Å². The first-order chi connectivity index (χ1) is 5.00. The normalized spacial score (nSPS) is 30.4. The van der Waals surface area contributed by atoms with Crippen LogP contribution < -0.4 is 0 Å². The van der Waals surface area contributed by atoms with E-state index in [-0.39, 0.29) is 0 Å². The van der Waals surface area contributed by atoms with Gasteiger partial charge in [0.05, 0.1) is 0 Å². The van der Waals surface area contributed by atoms with Crippen molar-refractivity contribution >= 4 is 0 Å². The van der Waals surface area contributed by atoms with Crippen LogP contribution in [0.5, 0.6) is 0 Å². The van der Waals surface area contributed by atoms with E-state index in [4.69, 9.17) is 0 Å². The monoisotopic (exact) mass is 131 g/mol. The van der Waals surface area contributed by atoms with Gasteiger partial charge in [0.1, 0.15) is 0 Å². The second kappa shape index (κ2) is 4.80. The summed E-state index contributed by atoms with van der Waals surface area (Å²) in [5.41, 5.74) is 0. The lowest BCUT2D eigenvalue weighted by Crippen LogP contribution is -1.63. The van der Waals surface area contributed by atoms with Gasteiger partial charge in [-0.05, 0) is 18.9 Å². The van der Waals surface area contributed by atoms with Crippen LogP contribution in [0.1, 0.15) is 12.8 Å². The van der Waals surface area contributed by atoms with Gasteiger partial charge < -0.3 is 0 Å². The SMILES string of the molecule is [C]1=C/C/C=C\C\C=C/C=C\1. The number of rotatable bonds is 0. The van der Waals surface area contributed by atoms with Crippen LogP contribution >= 0.6 is 0 Å². The van der Waals surface area contributed by atoms with E-state index < -0.39 is 0 Å². The molecule has 0 aromatic rings. The Bertz CT molecular complexity index is 160. The minimum Gasteiger partial charge on any atom is -0.0844 e. The fourth-order valence-corrected chi connectivity index (χ4v) is 0.743. The lowest BCUT2D eigenvalue weighted by molar-refractivity contribution is 1.30. The third-order valence-electron chi connectivity index (χ3n) is 1.25. The summed E-state index contributed by atoms with van der Waals surface area (Å²) in [6.45, 7) is 0. The van der Waals surface area contributed by atoms with Gasteiger partial charge in [0, 0.05) is 0 Å². The van der Waals surface area contributed by atoms with Crippen LogP contribution in [-0.2, 0) is 0 Å². The summed E-state index contributed by atoms with van der Waals surface area (Å²) in [4.78, 5) is 0. The Morgan fingerprint density at radius 3 is 2.80 bits per heavy atom. The van der Waals surface area contributed by atoms with Gasteiger partial charge in [-0.2, -0.15) is 0 Å². The summed E-state index contributed by atoms with van der Waals surface area (Å²) >= 11 is 0. The van der Waals surface area contributed by atoms with Crippen LogP contribution in [0.15, 0.2) is 42.5 Å². The number of allylic oxidation sites excluding steroid dienone is 8. The molecule has 0 saturated heterocycles. The summed E-state index contributed by atoms with van der Waals surface area (Å²) in [6.07, 6.45) is 19.5. The van der Waals surface area contributed by atoms with Crippen LogP contribution in [0, 0.1) is 6.08 Å². The topological polar surface area (TPSA) is 0 Å². The summed E-state index contributed by atoms with van der Waals surface area (Å²) in [5, 5.41) is 0. The molecule has 51 valence electrons. The molecule has 0 atom stereocenters. The summed E-state index contributed by atoms with van der Waals surface area (Å²) in [5.74, 6) is 0. The molecular formula is C10H11. The van der Waals surface area contributed by atoms with E-state index in [0.717, 1.165) is 12.8 Å². The second-order valence-electron chi connectivity index (χ2n) is 2.10. The highest BCUT2D eigenvalue weighted by atomic mass is 13.8. The molecule has 0 nitrogen and oxygen atoms in total. The van der Waals surface area contributed by atoms with Crippen molar-refractivity contribution in [3.8, 4) is 0 Å². The second-order valence-corrected chi connectivity index (χ2v) is 2.10. The molecule has 0 unspecified atom stereocenters. The number of hydrogen-bond acceptors (Lipinski definition) is 0. The highest BCUT2D eigenvalue weighted by Crippen LogP contribution is 1.93. The predicted molar refractivity (Wildman–Crippen MR) is 44.5 cm³/mol. The van der Waals surface area contributed by atoms with Crippen molar-refractivity contribution in [2.75, 3.05) is 0 Å².